The van der Waals surface area contributed by atoms with Gasteiger partial charge in [-0.1, -0.05) is 36.5 Å². The number of thiocarbonyl (C=S) groups is 1. The lowest BCUT2D eigenvalue weighted by Crippen LogP contribution is -2.48. The van der Waals surface area contributed by atoms with E-state index in [9.17, 15) is 9.59 Å². The summed E-state index contributed by atoms with van der Waals surface area (Å²) in [5.74, 6) is 0.0325. The van der Waals surface area contributed by atoms with Crippen molar-refractivity contribution >= 4 is 34.8 Å². The number of carbonyl (C=O) groups is 2. The van der Waals surface area contributed by atoms with Crippen molar-refractivity contribution in [3.05, 3.63) is 64.7 Å². The van der Waals surface area contributed by atoms with Crippen molar-refractivity contribution in [2.45, 2.75) is 51.6 Å². The molecule has 0 bridgehead atoms. The van der Waals surface area contributed by atoms with E-state index in [2.05, 4.69) is 11.4 Å². The number of hydrogen-bond acceptors (Lipinski definition) is 3. The number of rotatable bonds is 4. The molecule has 0 radical (unpaired) electrons. The van der Waals surface area contributed by atoms with Crippen LogP contribution in [0.1, 0.15) is 52.7 Å². The van der Waals surface area contributed by atoms with Crippen molar-refractivity contribution in [1.82, 2.24) is 15.1 Å². The topological polar surface area (TPSA) is 55.9 Å². The summed E-state index contributed by atoms with van der Waals surface area (Å²) >= 11 is 5.53. The third kappa shape index (κ3) is 5.09. The molecule has 4 rings (SSSR count). The number of carbonyl (C=O) groups excluding carboxylic acids is 2. The van der Waals surface area contributed by atoms with Crippen LogP contribution >= 0.6 is 12.2 Å². The van der Waals surface area contributed by atoms with Crippen LogP contribution in [-0.2, 0) is 13.0 Å². The second-order valence-corrected chi connectivity index (χ2v) is 9.84. The van der Waals surface area contributed by atoms with E-state index in [4.69, 9.17) is 12.2 Å². The van der Waals surface area contributed by atoms with Gasteiger partial charge in [0.15, 0.2) is 0 Å². The quantitative estimate of drug-likeness (QED) is 0.656. The first-order chi connectivity index (χ1) is 16.4. The van der Waals surface area contributed by atoms with Crippen LogP contribution in [0.5, 0.6) is 0 Å². The van der Waals surface area contributed by atoms with Gasteiger partial charge in [-0.25, -0.2) is 4.79 Å². The number of likely N-dealkylation sites (N-methyl/N-ethyl adjacent to an activating group) is 1. The molecule has 0 unspecified atom stereocenters. The Morgan fingerprint density at radius 1 is 1.09 bits per heavy atom. The minimum absolute atomic E-state index is 0.0254. The Morgan fingerprint density at radius 3 is 2.65 bits per heavy atom. The van der Waals surface area contributed by atoms with Crippen LogP contribution < -0.4 is 10.2 Å². The molecule has 1 atom stereocenters. The highest BCUT2D eigenvalue weighted by Crippen LogP contribution is 2.28. The van der Waals surface area contributed by atoms with Crippen LogP contribution in [0.2, 0.25) is 0 Å². The second kappa shape index (κ2) is 10.6. The standard InChI is InChI=1S/C27H34N4O2S/c1-19-17-21(25(32)30-15-7-6-10-20-9-4-5-11-23(20)30)13-14-22(19)18-28-27(33)31-16-8-12-24(31)26(34)29(2)3/h4-5,9,11,13-14,17,24H,6-8,10,12,15-16,18H2,1-3H3,(H,28,33)/t24-/m0/s1. The maximum Gasteiger partial charge on any atom is 0.318 e. The lowest BCUT2D eigenvalue weighted by molar-refractivity contribution is 0.0986. The fourth-order valence-corrected chi connectivity index (χ4v) is 5.17. The molecule has 0 aromatic heterocycles. The van der Waals surface area contributed by atoms with Crippen molar-refractivity contribution in [3.8, 4) is 0 Å². The lowest BCUT2D eigenvalue weighted by Gasteiger charge is -2.28. The van der Waals surface area contributed by atoms with Crippen LogP contribution in [0.4, 0.5) is 10.5 Å². The van der Waals surface area contributed by atoms with Gasteiger partial charge < -0.3 is 20.0 Å². The molecular formula is C27H34N4O2S. The molecule has 34 heavy (non-hydrogen) atoms. The molecule has 1 saturated heterocycles. The van der Waals surface area contributed by atoms with Gasteiger partial charge in [0.05, 0.1) is 6.04 Å². The van der Waals surface area contributed by atoms with Crippen molar-refractivity contribution in [1.29, 1.82) is 0 Å². The fourth-order valence-electron chi connectivity index (χ4n) is 4.92. The maximum absolute atomic E-state index is 13.4. The number of hydrogen-bond donors (Lipinski definition) is 1. The molecule has 0 spiro atoms. The number of nitrogens with zero attached hydrogens (tertiary/aromatic N) is 3. The fraction of sp³-hybridized carbons (Fsp3) is 0.444. The Kier molecular flexibility index (Phi) is 7.51. The Labute approximate surface area is 207 Å². The predicted molar refractivity (Wildman–Crippen MR) is 140 cm³/mol. The summed E-state index contributed by atoms with van der Waals surface area (Å²) in [5, 5.41) is 3.05. The summed E-state index contributed by atoms with van der Waals surface area (Å²) in [6.07, 6.45) is 4.96. The lowest BCUT2D eigenvalue weighted by atomic mass is 10.0. The Balaban J connectivity index is 1.43. The monoisotopic (exact) mass is 478 g/mol. The summed E-state index contributed by atoms with van der Waals surface area (Å²) in [5.41, 5.74) is 4.94. The minimum atomic E-state index is -0.0903. The maximum atomic E-state index is 13.4. The first-order valence-electron chi connectivity index (χ1n) is 12.1. The number of likely N-dealkylation sites (tertiary alicyclic amines) is 1. The molecule has 2 aromatic rings. The van der Waals surface area contributed by atoms with E-state index in [0.717, 1.165) is 60.5 Å². The zero-order chi connectivity index (χ0) is 24.2. The summed E-state index contributed by atoms with van der Waals surface area (Å²) in [6, 6.07) is 13.9. The number of urea groups is 1. The van der Waals surface area contributed by atoms with Gasteiger partial charge in [-0.3, -0.25) is 4.79 Å². The number of fused-ring (bicyclic) bond motifs is 1. The Bertz CT molecular complexity index is 1080. The zero-order valence-corrected chi connectivity index (χ0v) is 21.2. The smallest absolute Gasteiger partial charge is 0.318 e. The van der Waals surface area contributed by atoms with Crippen LogP contribution in [0.15, 0.2) is 42.5 Å². The van der Waals surface area contributed by atoms with Crippen LogP contribution in [0.25, 0.3) is 0 Å². The van der Waals surface area contributed by atoms with Crippen molar-refractivity contribution < 1.29 is 9.59 Å². The molecular weight excluding hydrogens is 444 g/mol. The van der Waals surface area contributed by atoms with E-state index in [1.54, 1.807) is 0 Å². The molecule has 3 amide bonds. The van der Waals surface area contributed by atoms with Gasteiger partial charge in [0.1, 0.15) is 4.99 Å². The molecule has 2 aliphatic heterocycles. The summed E-state index contributed by atoms with van der Waals surface area (Å²) in [7, 11) is 3.85. The highest BCUT2D eigenvalue weighted by Gasteiger charge is 2.32. The first kappa shape index (κ1) is 24.2. The van der Waals surface area contributed by atoms with Gasteiger partial charge >= 0.3 is 6.03 Å². The Hall–Kier alpha value is -2.93. The van der Waals surface area contributed by atoms with E-state index in [1.165, 1.54) is 5.56 Å². The van der Waals surface area contributed by atoms with Gasteiger partial charge in [-0.2, -0.15) is 0 Å². The molecule has 1 N–H and O–H groups in total. The van der Waals surface area contributed by atoms with E-state index in [1.807, 2.05) is 72.1 Å². The summed E-state index contributed by atoms with van der Waals surface area (Å²) < 4.78 is 0. The molecule has 6 nitrogen and oxygen atoms in total. The van der Waals surface area contributed by atoms with Crippen LogP contribution in [-0.4, -0.2) is 60.0 Å². The second-order valence-electron chi connectivity index (χ2n) is 9.43. The average Bonchev–Trinajstić information content (AvgIpc) is 3.22. The predicted octanol–water partition coefficient (Wildman–Crippen LogP) is 4.54. The molecule has 2 aliphatic rings. The number of para-hydroxylation sites is 1. The molecule has 2 heterocycles. The molecule has 7 heteroatoms. The summed E-state index contributed by atoms with van der Waals surface area (Å²) in [6.45, 7) is 3.87. The van der Waals surface area contributed by atoms with Gasteiger partial charge in [0.25, 0.3) is 5.91 Å². The van der Waals surface area contributed by atoms with Crippen molar-refractivity contribution in [2.75, 3.05) is 32.1 Å². The van der Waals surface area contributed by atoms with Crippen LogP contribution in [0, 0.1) is 6.92 Å². The molecule has 180 valence electrons. The SMILES string of the molecule is Cc1cc(C(=O)N2CCCCc3ccccc32)ccc1CNC(=O)N1CCC[C@H]1C(=S)N(C)C. The van der Waals surface area contributed by atoms with Gasteiger partial charge in [0, 0.05) is 45.0 Å². The molecule has 2 aromatic carbocycles. The van der Waals surface area contributed by atoms with E-state index >= 15 is 0 Å². The molecule has 0 saturated carbocycles. The molecule has 0 aliphatic carbocycles. The van der Waals surface area contributed by atoms with E-state index in [0.29, 0.717) is 18.7 Å². The van der Waals surface area contributed by atoms with Gasteiger partial charge in [-0.05, 0) is 73.9 Å². The van der Waals surface area contributed by atoms with Crippen LogP contribution in [0.3, 0.4) is 0 Å². The van der Waals surface area contributed by atoms with Crippen molar-refractivity contribution in [3.63, 3.8) is 0 Å². The zero-order valence-electron chi connectivity index (χ0n) is 20.3. The van der Waals surface area contributed by atoms with E-state index in [-0.39, 0.29) is 18.0 Å². The Morgan fingerprint density at radius 2 is 1.88 bits per heavy atom. The third-order valence-corrected chi connectivity index (χ3v) is 7.50. The minimum Gasteiger partial charge on any atom is -0.371 e. The number of aryl methyl sites for hydroxylation is 2. The normalized spacial score (nSPS) is 17.7. The highest BCUT2D eigenvalue weighted by molar-refractivity contribution is 7.80. The van der Waals surface area contributed by atoms with Crippen molar-refractivity contribution in [2.24, 2.45) is 0 Å². The first-order valence-corrected chi connectivity index (χ1v) is 12.5. The number of nitrogens with one attached hydrogen (secondary N) is 1. The average molecular weight is 479 g/mol. The number of benzene rings is 2. The number of amides is 3. The largest absolute Gasteiger partial charge is 0.371 e. The third-order valence-electron chi connectivity index (χ3n) is 6.86. The van der Waals surface area contributed by atoms with Gasteiger partial charge in [-0.15, -0.1) is 0 Å². The van der Waals surface area contributed by atoms with Gasteiger partial charge in [0.2, 0.25) is 0 Å². The highest BCUT2D eigenvalue weighted by atomic mass is 32.1. The number of anilines is 1. The molecule has 1 fully saturated rings. The van der Waals surface area contributed by atoms with E-state index < -0.39 is 0 Å². The summed E-state index contributed by atoms with van der Waals surface area (Å²) in [4.78, 5) is 32.7.